The molecular formula is C18H28N4OS. The molecule has 1 aliphatic heterocycles. The summed E-state index contributed by atoms with van der Waals surface area (Å²) in [4.78, 5) is 6.69. The number of benzene rings is 1. The number of para-hydroxylation sites is 2. The minimum atomic E-state index is 0.391. The van der Waals surface area contributed by atoms with Gasteiger partial charge in [-0.15, -0.1) is 6.58 Å². The molecule has 0 amide bonds. The maximum atomic E-state index is 5.47. The van der Waals surface area contributed by atoms with Crippen LogP contribution < -0.4 is 20.3 Å². The van der Waals surface area contributed by atoms with Crippen LogP contribution in [0.25, 0.3) is 0 Å². The molecule has 2 rings (SSSR count). The van der Waals surface area contributed by atoms with Crippen molar-refractivity contribution in [3.63, 3.8) is 0 Å². The summed E-state index contributed by atoms with van der Waals surface area (Å²) in [6.45, 7) is 6.60. The molecule has 0 spiro atoms. The molecule has 1 heterocycles. The Balaban J connectivity index is 1.81. The number of anilines is 1. The summed E-state index contributed by atoms with van der Waals surface area (Å²) in [6.07, 6.45) is 3.02. The lowest BCUT2D eigenvalue weighted by atomic mass is 10.2. The summed E-state index contributed by atoms with van der Waals surface area (Å²) in [6, 6.07) is 8.58. The van der Waals surface area contributed by atoms with Gasteiger partial charge in [-0.3, -0.25) is 4.99 Å². The van der Waals surface area contributed by atoms with E-state index in [1.54, 1.807) is 7.11 Å². The number of thioether (sulfide) groups is 1. The van der Waals surface area contributed by atoms with Crippen LogP contribution in [0.4, 0.5) is 5.69 Å². The number of rotatable bonds is 8. The molecule has 132 valence electrons. The highest BCUT2D eigenvalue weighted by molar-refractivity contribution is 7.99. The van der Waals surface area contributed by atoms with Crippen LogP contribution in [0.5, 0.6) is 5.75 Å². The van der Waals surface area contributed by atoms with Crippen LogP contribution in [0.1, 0.15) is 6.42 Å². The Kier molecular flexibility index (Phi) is 7.82. The number of hydrogen-bond donors (Lipinski definition) is 2. The Bertz CT molecular complexity index is 550. The van der Waals surface area contributed by atoms with Gasteiger partial charge in [0.2, 0.25) is 0 Å². The maximum absolute atomic E-state index is 5.47. The lowest BCUT2D eigenvalue weighted by molar-refractivity contribution is 0.415. The number of aliphatic imine (C=N–C) groups is 1. The van der Waals surface area contributed by atoms with Crippen molar-refractivity contribution in [1.82, 2.24) is 10.6 Å². The van der Waals surface area contributed by atoms with Crippen molar-refractivity contribution in [3.05, 3.63) is 36.9 Å². The molecule has 6 heteroatoms. The molecule has 0 radical (unpaired) electrons. The predicted molar refractivity (Wildman–Crippen MR) is 106 cm³/mol. The fourth-order valence-electron chi connectivity index (χ4n) is 2.78. The average molecular weight is 349 g/mol. The first-order valence-corrected chi connectivity index (χ1v) is 9.47. The quantitative estimate of drug-likeness (QED) is 0.327. The molecule has 1 fully saturated rings. The average Bonchev–Trinajstić information content (AvgIpc) is 3.08. The molecule has 0 saturated carbocycles. The molecule has 24 heavy (non-hydrogen) atoms. The van der Waals surface area contributed by atoms with Crippen LogP contribution >= 0.6 is 11.8 Å². The molecule has 1 unspecified atom stereocenters. The number of nitrogens with one attached hydrogen (secondary N) is 2. The normalized spacial score (nSPS) is 17.7. The van der Waals surface area contributed by atoms with Crippen LogP contribution in [-0.4, -0.2) is 57.3 Å². The molecule has 1 atom stereocenters. The fraction of sp³-hybridized carbons (Fsp3) is 0.500. The first kappa shape index (κ1) is 18.5. The van der Waals surface area contributed by atoms with Gasteiger partial charge in [-0.05, 0) is 18.6 Å². The van der Waals surface area contributed by atoms with E-state index in [4.69, 9.17) is 4.74 Å². The Hall–Kier alpha value is -1.82. The van der Waals surface area contributed by atoms with E-state index in [9.17, 15) is 0 Å². The second-order valence-electron chi connectivity index (χ2n) is 5.61. The summed E-state index contributed by atoms with van der Waals surface area (Å²) >= 11 is 1.86. The van der Waals surface area contributed by atoms with Crippen molar-refractivity contribution >= 4 is 23.4 Å². The number of methoxy groups -OCH3 is 1. The summed E-state index contributed by atoms with van der Waals surface area (Å²) in [5.41, 5.74) is 1.16. The smallest absolute Gasteiger partial charge is 0.191 e. The van der Waals surface area contributed by atoms with Crippen molar-refractivity contribution < 1.29 is 4.74 Å². The van der Waals surface area contributed by atoms with Crippen LogP contribution in [0.3, 0.4) is 0 Å². The number of guanidine groups is 1. The zero-order valence-corrected chi connectivity index (χ0v) is 15.4. The van der Waals surface area contributed by atoms with Gasteiger partial charge < -0.3 is 20.3 Å². The van der Waals surface area contributed by atoms with Crippen molar-refractivity contribution in [2.45, 2.75) is 12.5 Å². The van der Waals surface area contributed by atoms with E-state index in [0.29, 0.717) is 6.04 Å². The topological polar surface area (TPSA) is 48.9 Å². The summed E-state index contributed by atoms with van der Waals surface area (Å²) in [5.74, 6) is 3.84. The summed E-state index contributed by atoms with van der Waals surface area (Å²) < 4.78 is 5.47. The van der Waals surface area contributed by atoms with Crippen LogP contribution in [0, 0.1) is 0 Å². The highest BCUT2D eigenvalue weighted by atomic mass is 32.2. The first-order valence-electron chi connectivity index (χ1n) is 8.32. The second kappa shape index (κ2) is 10.1. The molecule has 1 aromatic carbocycles. The van der Waals surface area contributed by atoms with Crippen LogP contribution in [0.2, 0.25) is 0 Å². The molecule has 0 aromatic heterocycles. The van der Waals surface area contributed by atoms with Gasteiger partial charge >= 0.3 is 0 Å². The molecule has 1 aromatic rings. The van der Waals surface area contributed by atoms with Gasteiger partial charge in [0.25, 0.3) is 0 Å². The molecule has 1 saturated heterocycles. The third-order valence-electron chi connectivity index (χ3n) is 3.95. The second-order valence-corrected chi connectivity index (χ2v) is 6.76. The van der Waals surface area contributed by atoms with Gasteiger partial charge in [0.15, 0.2) is 5.96 Å². The number of hydrogen-bond acceptors (Lipinski definition) is 4. The molecule has 5 nitrogen and oxygen atoms in total. The standard InChI is InChI=1S/C18H28N4OS/c1-4-12-24-13-10-20-18(19-2)21-15-9-11-22(14-15)16-7-5-6-8-17(16)23-3/h4-8,15H,1,9-14H2,2-3H3,(H2,19,20,21). The third kappa shape index (κ3) is 5.37. The molecular weight excluding hydrogens is 320 g/mol. The van der Waals surface area contributed by atoms with Gasteiger partial charge in [0.1, 0.15) is 5.75 Å². The van der Waals surface area contributed by atoms with Gasteiger partial charge in [-0.25, -0.2) is 0 Å². The summed E-state index contributed by atoms with van der Waals surface area (Å²) in [7, 11) is 3.54. The van der Waals surface area contributed by atoms with Crippen molar-refractivity contribution in [2.24, 2.45) is 4.99 Å². The van der Waals surface area contributed by atoms with E-state index < -0.39 is 0 Å². The largest absolute Gasteiger partial charge is 0.495 e. The van der Waals surface area contributed by atoms with E-state index >= 15 is 0 Å². The van der Waals surface area contributed by atoms with E-state index in [-0.39, 0.29) is 0 Å². The Morgan fingerprint density at radius 3 is 3.08 bits per heavy atom. The van der Waals surface area contributed by atoms with Gasteiger partial charge in [0, 0.05) is 44.2 Å². The maximum Gasteiger partial charge on any atom is 0.191 e. The molecule has 1 aliphatic rings. The van der Waals surface area contributed by atoms with Crippen molar-refractivity contribution in [3.8, 4) is 5.75 Å². The fourth-order valence-corrected chi connectivity index (χ4v) is 3.36. The minimum Gasteiger partial charge on any atom is -0.495 e. The van der Waals surface area contributed by atoms with E-state index in [1.807, 2.05) is 37.0 Å². The highest BCUT2D eigenvalue weighted by Gasteiger charge is 2.25. The van der Waals surface area contributed by atoms with Crippen LogP contribution in [-0.2, 0) is 0 Å². The van der Waals surface area contributed by atoms with Crippen LogP contribution in [0.15, 0.2) is 41.9 Å². The summed E-state index contributed by atoms with van der Waals surface area (Å²) in [5, 5.41) is 6.89. The SMILES string of the molecule is C=CCSCCNC(=NC)NC1CCN(c2ccccc2OC)C1. The van der Waals surface area contributed by atoms with Crippen molar-refractivity contribution in [1.29, 1.82) is 0 Å². The zero-order chi connectivity index (χ0) is 17.2. The Morgan fingerprint density at radius 1 is 1.50 bits per heavy atom. The van der Waals surface area contributed by atoms with E-state index in [0.717, 1.165) is 55.0 Å². The molecule has 0 bridgehead atoms. The minimum absolute atomic E-state index is 0.391. The first-order chi connectivity index (χ1) is 11.8. The Labute approximate surface area is 149 Å². The van der Waals surface area contributed by atoms with Gasteiger partial charge in [0.05, 0.1) is 12.8 Å². The van der Waals surface area contributed by atoms with E-state index in [2.05, 4.69) is 39.2 Å². The monoisotopic (exact) mass is 348 g/mol. The number of ether oxygens (including phenoxy) is 1. The van der Waals surface area contributed by atoms with Crippen molar-refractivity contribution in [2.75, 3.05) is 50.2 Å². The predicted octanol–water partition coefficient (Wildman–Crippen LogP) is 2.36. The zero-order valence-electron chi connectivity index (χ0n) is 14.6. The van der Waals surface area contributed by atoms with Gasteiger partial charge in [-0.1, -0.05) is 18.2 Å². The number of nitrogens with zero attached hydrogens (tertiary/aromatic N) is 2. The molecule has 0 aliphatic carbocycles. The third-order valence-corrected chi connectivity index (χ3v) is 4.92. The molecule has 2 N–H and O–H groups in total. The Morgan fingerprint density at radius 2 is 2.33 bits per heavy atom. The highest BCUT2D eigenvalue weighted by Crippen LogP contribution is 2.30. The van der Waals surface area contributed by atoms with E-state index in [1.165, 1.54) is 0 Å². The lowest BCUT2D eigenvalue weighted by Gasteiger charge is -2.22. The van der Waals surface area contributed by atoms with Gasteiger partial charge in [-0.2, -0.15) is 11.8 Å². The lowest BCUT2D eigenvalue weighted by Crippen LogP contribution is -2.45.